The predicted octanol–water partition coefficient (Wildman–Crippen LogP) is 3.31. The lowest BCUT2D eigenvalue weighted by Gasteiger charge is -2.29. The number of hydrogen-bond acceptors (Lipinski definition) is 3. The number of halogens is 1. The molecule has 0 aromatic heterocycles. The molecule has 6 nitrogen and oxygen atoms in total. The van der Waals surface area contributed by atoms with Crippen LogP contribution in [0.4, 0.5) is 4.79 Å². The highest BCUT2D eigenvalue weighted by molar-refractivity contribution is 9.10. The maximum absolute atomic E-state index is 12.4. The third kappa shape index (κ3) is 4.09. The van der Waals surface area contributed by atoms with E-state index in [1.807, 2.05) is 0 Å². The van der Waals surface area contributed by atoms with E-state index < -0.39 is 0 Å². The molecule has 1 aromatic rings. The molecule has 2 N–H and O–H groups in total. The van der Waals surface area contributed by atoms with Crippen molar-refractivity contribution in [3.05, 3.63) is 33.8 Å². The summed E-state index contributed by atoms with van der Waals surface area (Å²) in [6.45, 7) is 2.89. The second-order valence-electron chi connectivity index (χ2n) is 7.07. The maximum Gasteiger partial charge on any atom is 0.315 e. The summed E-state index contributed by atoms with van der Waals surface area (Å²) in [6, 6.07) is 5.16. The van der Waals surface area contributed by atoms with Crippen LogP contribution >= 0.6 is 15.9 Å². The minimum atomic E-state index is -0.271. The topological polar surface area (TPSA) is 78.5 Å². The molecule has 4 amide bonds. The van der Waals surface area contributed by atoms with Gasteiger partial charge in [-0.3, -0.25) is 14.5 Å². The number of hydrogen-bond donors (Lipinski definition) is 2. The molecule has 0 radical (unpaired) electrons. The number of imide groups is 1. The fourth-order valence-corrected chi connectivity index (χ4v) is 4.02. The van der Waals surface area contributed by atoms with E-state index in [1.54, 1.807) is 18.2 Å². The Morgan fingerprint density at radius 3 is 2.69 bits per heavy atom. The van der Waals surface area contributed by atoms with E-state index in [9.17, 15) is 14.4 Å². The predicted molar refractivity (Wildman–Crippen MR) is 102 cm³/mol. The first-order valence-corrected chi connectivity index (χ1v) is 9.97. The number of rotatable bonds is 5. The molecule has 1 aliphatic carbocycles. The van der Waals surface area contributed by atoms with Crippen LogP contribution in [0.5, 0.6) is 0 Å². The highest BCUT2D eigenvalue weighted by Gasteiger charge is 2.35. The third-order valence-electron chi connectivity index (χ3n) is 5.20. The van der Waals surface area contributed by atoms with E-state index in [-0.39, 0.29) is 23.9 Å². The number of amides is 4. The van der Waals surface area contributed by atoms with E-state index in [4.69, 9.17) is 0 Å². The highest BCUT2D eigenvalue weighted by atomic mass is 79.9. The summed E-state index contributed by atoms with van der Waals surface area (Å²) in [5.41, 5.74) is 0.872. The molecule has 3 rings (SSSR count). The summed E-state index contributed by atoms with van der Waals surface area (Å²) >= 11 is 3.32. The van der Waals surface area contributed by atoms with Gasteiger partial charge in [-0.1, -0.05) is 35.7 Å². The van der Waals surface area contributed by atoms with Gasteiger partial charge in [-0.15, -0.1) is 0 Å². The van der Waals surface area contributed by atoms with Crippen LogP contribution in [0.25, 0.3) is 0 Å². The zero-order valence-corrected chi connectivity index (χ0v) is 16.5. The molecule has 0 spiro atoms. The first kappa shape index (κ1) is 18.9. The molecular weight excluding hydrogens is 398 g/mol. The summed E-state index contributed by atoms with van der Waals surface area (Å²) in [6.07, 6.45) is 5.10. The normalized spacial score (nSPS) is 22.3. The summed E-state index contributed by atoms with van der Waals surface area (Å²) in [5, 5.41) is 5.86. The first-order chi connectivity index (χ1) is 12.5. The Labute approximate surface area is 161 Å². The van der Waals surface area contributed by atoms with Crippen LogP contribution < -0.4 is 10.6 Å². The van der Waals surface area contributed by atoms with Crippen molar-refractivity contribution in [2.75, 3.05) is 13.1 Å². The van der Waals surface area contributed by atoms with E-state index in [0.717, 1.165) is 23.7 Å². The van der Waals surface area contributed by atoms with Gasteiger partial charge in [0.2, 0.25) is 0 Å². The molecule has 1 aliphatic heterocycles. The molecule has 1 fully saturated rings. The van der Waals surface area contributed by atoms with Crippen LogP contribution in [0.3, 0.4) is 0 Å². The highest BCUT2D eigenvalue weighted by Crippen LogP contribution is 2.26. The van der Waals surface area contributed by atoms with Gasteiger partial charge in [0.1, 0.15) is 0 Å². The van der Waals surface area contributed by atoms with Crippen molar-refractivity contribution in [2.45, 2.75) is 45.1 Å². The Morgan fingerprint density at radius 2 is 1.92 bits per heavy atom. The third-order valence-corrected chi connectivity index (χ3v) is 5.70. The van der Waals surface area contributed by atoms with Crippen molar-refractivity contribution in [1.29, 1.82) is 0 Å². The van der Waals surface area contributed by atoms with Gasteiger partial charge in [-0.05, 0) is 43.4 Å². The Kier molecular flexibility index (Phi) is 5.96. The molecule has 1 heterocycles. The van der Waals surface area contributed by atoms with Crippen LogP contribution in [-0.2, 0) is 0 Å². The molecule has 1 saturated carbocycles. The van der Waals surface area contributed by atoms with Crippen LogP contribution in [0.15, 0.2) is 22.7 Å². The quantitative estimate of drug-likeness (QED) is 0.565. The molecule has 2 aliphatic rings. The standard InChI is InChI=1S/C19H24BrN3O3/c1-12-5-2-3-6-16(12)22-19(26)21-9-4-10-23-17(24)14-8-7-13(20)11-15(14)18(23)25/h7-8,11-12,16H,2-6,9-10H2,1H3,(H2,21,22,26). The monoisotopic (exact) mass is 421 g/mol. The van der Waals surface area contributed by atoms with E-state index in [2.05, 4.69) is 33.5 Å². The van der Waals surface area contributed by atoms with E-state index >= 15 is 0 Å². The Hall–Kier alpha value is -1.89. The van der Waals surface area contributed by atoms with Crippen LogP contribution in [0.1, 0.15) is 59.7 Å². The number of carbonyl (C=O) groups excluding carboxylic acids is 3. The molecular formula is C19H24BrN3O3. The van der Waals surface area contributed by atoms with Gasteiger partial charge >= 0.3 is 6.03 Å². The lowest BCUT2D eigenvalue weighted by Crippen LogP contribution is -2.46. The van der Waals surface area contributed by atoms with Crippen molar-refractivity contribution in [3.8, 4) is 0 Å². The lowest BCUT2D eigenvalue weighted by molar-refractivity contribution is 0.0653. The number of fused-ring (bicyclic) bond motifs is 1. The van der Waals surface area contributed by atoms with Gasteiger partial charge in [-0.25, -0.2) is 4.79 Å². The van der Waals surface area contributed by atoms with Crippen LogP contribution in [-0.4, -0.2) is 41.9 Å². The molecule has 2 unspecified atom stereocenters. The number of nitrogens with zero attached hydrogens (tertiary/aromatic N) is 1. The number of nitrogens with one attached hydrogen (secondary N) is 2. The first-order valence-electron chi connectivity index (χ1n) is 9.17. The van der Waals surface area contributed by atoms with Crippen LogP contribution in [0.2, 0.25) is 0 Å². The average Bonchev–Trinajstić information content (AvgIpc) is 2.84. The number of carbonyl (C=O) groups is 3. The van der Waals surface area contributed by atoms with Gasteiger partial charge in [0.15, 0.2) is 0 Å². The lowest BCUT2D eigenvalue weighted by atomic mass is 9.86. The minimum absolute atomic E-state index is 0.171. The molecule has 2 atom stereocenters. The molecule has 7 heteroatoms. The summed E-state index contributed by atoms with van der Waals surface area (Å²) in [7, 11) is 0. The van der Waals surface area contributed by atoms with Gasteiger partial charge < -0.3 is 10.6 Å². The minimum Gasteiger partial charge on any atom is -0.338 e. The summed E-state index contributed by atoms with van der Waals surface area (Å²) in [5.74, 6) is -0.0306. The summed E-state index contributed by atoms with van der Waals surface area (Å²) in [4.78, 5) is 38.0. The van der Waals surface area contributed by atoms with Crippen molar-refractivity contribution >= 4 is 33.8 Å². The fraction of sp³-hybridized carbons (Fsp3) is 0.526. The van der Waals surface area contributed by atoms with Crippen molar-refractivity contribution in [1.82, 2.24) is 15.5 Å². The van der Waals surface area contributed by atoms with Crippen molar-refractivity contribution in [3.63, 3.8) is 0 Å². The Morgan fingerprint density at radius 1 is 1.19 bits per heavy atom. The fourth-order valence-electron chi connectivity index (χ4n) is 3.66. The van der Waals surface area contributed by atoms with Gasteiger partial charge in [0, 0.05) is 23.6 Å². The number of urea groups is 1. The van der Waals surface area contributed by atoms with Gasteiger partial charge in [-0.2, -0.15) is 0 Å². The Bertz CT molecular complexity index is 722. The second kappa shape index (κ2) is 8.20. The van der Waals surface area contributed by atoms with Crippen molar-refractivity contribution < 1.29 is 14.4 Å². The maximum atomic E-state index is 12.4. The van der Waals surface area contributed by atoms with E-state index in [0.29, 0.717) is 36.6 Å². The average molecular weight is 422 g/mol. The largest absolute Gasteiger partial charge is 0.338 e. The van der Waals surface area contributed by atoms with E-state index in [1.165, 1.54) is 11.3 Å². The van der Waals surface area contributed by atoms with Gasteiger partial charge in [0.05, 0.1) is 11.1 Å². The van der Waals surface area contributed by atoms with Crippen molar-refractivity contribution in [2.24, 2.45) is 5.92 Å². The second-order valence-corrected chi connectivity index (χ2v) is 7.99. The zero-order chi connectivity index (χ0) is 18.7. The molecule has 0 bridgehead atoms. The molecule has 26 heavy (non-hydrogen) atoms. The number of benzene rings is 1. The summed E-state index contributed by atoms with van der Waals surface area (Å²) < 4.78 is 0.773. The molecule has 1 aromatic carbocycles. The zero-order valence-electron chi connectivity index (χ0n) is 14.9. The van der Waals surface area contributed by atoms with Crippen LogP contribution in [0, 0.1) is 5.92 Å². The Balaban J connectivity index is 1.43. The molecule has 140 valence electrons. The SMILES string of the molecule is CC1CCCCC1NC(=O)NCCCN1C(=O)c2ccc(Br)cc2C1=O. The smallest absolute Gasteiger partial charge is 0.315 e. The van der Waals surface area contributed by atoms with Gasteiger partial charge in [0.25, 0.3) is 11.8 Å². The molecule has 0 saturated heterocycles.